The molecule has 3 nitrogen and oxygen atoms in total. The summed E-state index contributed by atoms with van der Waals surface area (Å²) < 4.78 is 0. The Morgan fingerprint density at radius 1 is 1.24 bits per heavy atom. The second-order valence-electron chi connectivity index (χ2n) is 3.94. The van der Waals surface area contributed by atoms with Crippen molar-refractivity contribution in [1.82, 2.24) is 4.98 Å². The first-order valence-corrected chi connectivity index (χ1v) is 5.88. The van der Waals surface area contributed by atoms with Crippen LogP contribution in [0.4, 0.5) is 5.69 Å². The van der Waals surface area contributed by atoms with Crippen molar-refractivity contribution in [1.29, 1.82) is 0 Å². The van der Waals surface area contributed by atoms with E-state index < -0.39 is 0 Å². The summed E-state index contributed by atoms with van der Waals surface area (Å²) >= 11 is 0. The molecule has 2 rings (SSSR count). The Morgan fingerprint density at radius 3 is 2.65 bits per heavy atom. The van der Waals surface area contributed by atoms with Crippen LogP contribution in [-0.2, 0) is 0 Å². The highest BCUT2D eigenvalue weighted by Crippen LogP contribution is 2.21. The van der Waals surface area contributed by atoms with Crippen LogP contribution in [0.3, 0.4) is 0 Å². The Balaban J connectivity index is 2.47. The van der Waals surface area contributed by atoms with Crippen LogP contribution in [0.1, 0.15) is 24.2 Å². The lowest BCUT2D eigenvalue weighted by Gasteiger charge is -2.21. The lowest BCUT2D eigenvalue weighted by atomic mass is 10.1. The van der Waals surface area contributed by atoms with Gasteiger partial charge in [-0.15, -0.1) is 0 Å². The minimum atomic E-state index is 0.619. The van der Waals surface area contributed by atoms with Crippen LogP contribution in [0.5, 0.6) is 0 Å². The zero-order chi connectivity index (χ0) is 12.3. The van der Waals surface area contributed by atoms with Crippen molar-refractivity contribution < 1.29 is 4.79 Å². The maximum absolute atomic E-state index is 10.7. The van der Waals surface area contributed by atoms with Crippen molar-refractivity contribution in [3.63, 3.8) is 0 Å². The van der Waals surface area contributed by atoms with Crippen molar-refractivity contribution in [2.75, 3.05) is 18.0 Å². The van der Waals surface area contributed by atoms with Gasteiger partial charge >= 0.3 is 0 Å². The molecule has 0 saturated carbocycles. The summed E-state index contributed by atoms with van der Waals surface area (Å²) in [7, 11) is 0. The van der Waals surface area contributed by atoms with Crippen LogP contribution in [0.15, 0.2) is 30.5 Å². The first-order chi connectivity index (χ1) is 8.28. The summed E-state index contributed by atoms with van der Waals surface area (Å²) in [5, 5.41) is 1.01. The molecule has 0 aliphatic rings. The fourth-order valence-electron chi connectivity index (χ4n) is 1.98. The molecule has 0 amide bonds. The van der Waals surface area contributed by atoms with Gasteiger partial charge in [0.1, 0.15) is 0 Å². The van der Waals surface area contributed by atoms with Gasteiger partial charge in [0.25, 0.3) is 0 Å². The molecule has 3 heteroatoms. The van der Waals surface area contributed by atoms with E-state index in [0.717, 1.165) is 30.3 Å². The van der Waals surface area contributed by atoms with E-state index in [1.165, 1.54) is 5.69 Å². The second-order valence-corrected chi connectivity index (χ2v) is 3.94. The van der Waals surface area contributed by atoms with Crippen molar-refractivity contribution in [2.45, 2.75) is 13.8 Å². The number of rotatable bonds is 4. The fraction of sp³-hybridized carbons (Fsp3) is 0.286. The van der Waals surface area contributed by atoms with E-state index in [9.17, 15) is 4.79 Å². The highest BCUT2D eigenvalue weighted by Gasteiger charge is 2.04. The Hall–Kier alpha value is -1.90. The Bertz CT molecular complexity index is 533. The molecule has 0 unspecified atom stereocenters. The molecular formula is C14H16N2O. The van der Waals surface area contributed by atoms with Gasteiger partial charge in [0, 0.05) is 35.9 Å². The number of carbonyl (C=O) groups excluding carboxylic acids is 1. The second kappa shape index (κ2) is 4.95. The molecule has 0 bridgehead atoms. The number of pyridine rings is 1. The van der Waals surface area contributed by atoms with E-state index in [-0.39, 0.29) is 0 Å². The molecule has 0 aliphatic heterocycles. The number of aromatic nitrogens is 1. The zero-order valence-corrected chi connectivity index (χ0v) is 10.2. The molecule has 1 aromatic carbocycles. The highest BCUT2D eigenvalue weighted by molar-refractivity contribution is 5.87. The van der Waals surface area contributed by atoms with Gasteiger partial charge in [0.05, 0.1) is 5.52 Å². The third kappa shape index (κ3) is 2.28. The number of aldehydes is 1. The summed E-state index contributed by atoms with van der Waals surface area (Å²) in [4.78, 5) is 17.2. The van der Waals surface area contributed by atoms with Crippen LogP contribution in [0.2, 0.25) is 0 Å². The number of benzene rings is 1. The molecule has 1 heterocycles. The number of nitrogens with zero attached hydrogens (tertiary/aromatic N) is 2. The van der Waals surface area contributed by atoms with Gasteiger partial charge in [-0.25, -0.2) is 0 Å². The van der Waals surface area contributed by atoms with Crippen LogP contribution >= 0.6 is 0 Å². The maximum Gasteiger partial charge on any atom is 0.151 e. The van der Waals surface area contributed by atoms with E-state index in [2.05, 4.69) is 35.9 Å². The van der Waals surface area contributed by atoms with Crippen molar-refractivity contribution in [3.05, 3.63) is 36.0 Å². The van der Waals surface area contributed by atoms with Gasteiger partial charge in [-0.05, 0) is 32.0 Å². The summed E-state index contributed by atoms with van der Waals surface area (Å²) in [5.74, 6) is 0. The predicted molar refractivity (Wildman–Crippen MR) is 70.7 cm³/mol. The molecule has 0 fully saturated rings. The minimum Gasteiger partial charge on any atom is -0.372 e. The van der Waals surface area contributed by atoms with Crippen molar-refractivity contribution in [2.24, 2.45) is 0 Å². The summed E-state index contributed by atoms with van der Waals surface area (Å²) in [6.45, 7) is 6.23. The SMILES string of the molecule is CCN(CC)c1ccc2cc(C=O)cnc2c1. The third-order valence-electron chi connectivity index (χ3n) is 2.95. The molecule has 2 aromatic rings. The predicted octanol–water partition coefficient (Wildman–Crippen LogP) is 2.89. The molecule has 0 spiro atoms. The number of carbonyl (C=O) groups is 1. The molecular weight excluding hydrogens is 212 g/mol. The van der Waals surface area contributed by atoms with E-state index in [0.29, 0.717) is 5.56 Å². The van der Waals surface area contributed by atoms with Gasteiger partial charge < -0.3 is 4.90 Å². The maximum atomic E-state index is 10.7. The van der Waals surface area contributed by atoms with Gasteiger partial charge in [-0.1, -0.05) is 6.07 Å². The smallest absolute Gasteiger partial charge is 0.151 e. The van der Waals surface area contributed by atoms with Crippen LogP contribution in [-0.4, -0.2) is 24.4 Å². The average molecular weight is 228 g/mol. The topological polar surface area (TPSA) is 33.2 Å². The largest absolute Gasteiger partial charge is 0.372 e. The number of hydrogen-bond acceptors (Lipinski definition) is 3. The molecule has 88 valence electrons. The highest BCUT2D eigenvalue weighted by atomic mass is 16.1. The van der Waals surface area contributed by atoms with Crippen LogP contribution in [0, 0.1) is 0 Å². The first kappa shape index (κ1) is 11.6. The molecule has 1 aromatic heterocycles. The normalized spacial score (nSPS) is 10.5. The lowest BCUT2D eigenvalue weighted by Crippen LogP contribution is -2.21. The van der Waals surface area contributed by atoms with E-state index in [1.54, 1.807) is 6.20 Å². The molecule has 0 saturated heterocycles. The Labute approximate surface area is 101 Å². The number of anilines is 1. The number of fused-ring (bicyclic) bond motifs is 1. The van der Waals surface area contributed by atoms with Gasteiger partial charge in [0.2, 0.25) is 0 Å². The van der Waals surface area contributed by atoms with Crippen molar-refractivity contribution >= 4 is 22.9 Å². The molecule has 17 heavy (non-hydrogen) atoms. The lowest BCUT2D eigenvalue weighted by molar-refractivity contribution is 0.112. The Kier molecular flexibility index (Phi) is 3.38. The summed E-state index contributed by atoms with van der Waals surface area (Å²) in [6, 6.07) is 8.02. The zero-order valence-electron chi connectivity index (χ0n) is 10.2. The van der Waals surface area contributed by atoms with Crippen LogP contribution in [0.25, 0.3) is 10.9 Å². The third-order valence-corrected chi connectivity index (χ3v) is 2.95. The minimum absolute atomic E-state index is 0.619. The molecule has 0 N–H and O–H groups in total. The number of hydrogen-bond donors (Lipinski definition) is 0. The molecule has 0 atom stereocenters. The van der Waals surface area contributed by atoms with Crippen molar-refractivity contribution in [3.8, 4) is 0 Å². The van der Waals surface area contributed by atoms with Gasteiger partial charge in [0.15, 0.2) is 6.29 Å². The van der Waals surface area contributed by atoms with Crippen LogP contribution < -0.4 is 4.90 Å². The quantitative estimate of drug-likeness (QED) is 0.754. The fourth-order valence-corrected chi connectivity index (χ4v) is 1.98. The first-order valence-electron chi connectivity index (χ1n) is 5.88. The monoisotopic (exact) mass is 228 g/mol. The van der Waals surface area contributed by atoms with E-state index >= 15 is 0 Å². The standard InChI is InChI=1S/C14H16N2O/c1-3-16(4-2)13-6-5-12-7-11(10-17)9-15-14(12)8-13/h5-10H,3-4H2,1-2H3. The molecule has 0 aliphatic carbocycles. The molecule has 0 radical (unpaired) electrons. The van der Waals surface area contributed by atoms with Gasteiger partial charge in [-0.2, -0.15) is 0 Å². The summed E-state index contributed by atoms with van der Waals surface area (Å²) in [5.41, 5.74) is 2.72. The average Bonchev–Trinajstić information content (AvgIpc) is 2.39. The van der Waals surface area contributed by atoms with Gasteiger partial charge in [-0.3, -0.25) is 9.78 Å². The van der Waals surface area contributed by atoms with E-state index in [1.807, 2.05) is 12.1 Å². The summed E-state index contributed by atoms with van der Waals surface area (Å²) in [6.07, 6.45) is 2.44. The van der Waals surface area contributed by atoms with E-state index in [4.69, 9.17) is 0 Å². The Morgan fingerprint density at radius 2 is 2.00 bits per heavy atom.